The van der Waals surface area contributed by atoms with E-state index in [0.29, 0.717) is 24.9 Å². The Morgan fingerprint density at radius 1 is 1.27 bits per heavy atom. The Hall–Kier alpha value is -2.84. The largest absolute Gasteiger partial charge is 0.501 e. The molecule has 0 saturated carbocycles. The Morgan fingerprint density at radius 3 is 2.54 bits per heavy atom. The van der Waals surface area contributed by atoms with Crippen molar-refractivity contribution in [3.05, 3.63) is 28.4 Å². The average Bonchev–Trinajstić information content (AvgIpc) is 2.99. The number of hydrogen-bond donors (Lipinski definition) is 1. The second-order valence-corrected chi connectivity index (χ2v) is 6.95. The van der Waals surface area contributed by atoms with Gasteiger partial charge in [-0.2, -0.15) is 0 Å². The zero-order valence-electron chi connectivity index (χ0n) is 15.0. The summed E-state index contributed by atoms with van der Waals surface area (Å²) in [5.41, 5.74) is -1.26. The van der Waals surface area contributed by atoms with Crippen molar-refractivity contribution >= 4 is 17.7 Å². The number of carbonyl (C=O) groups excluding carboxylic acids is 2. The highest BCUT2D eigenvalue weighted by Gasteiger charge is 2.26. The van der Waals surface area contributed by atoms with Crippen LogP contribution in [0.25, 0.3) is 5.78 Å². The number of methoxy groups -OCH3 is 1. The van der Waals surface area contributed by atoms with Crippen molar-refractivity contribution in [2.45, 2.75) is 26.8 Å². The van der Waals surface area contributed by atoms with Crippen LogP contribution in [0.5, 0.6) is 5.75 Å². The summed E-state index contributed by atoms with van der Waals surface area (Å²) in [5.74, 6) is -0.805. The molecule has 1 amide bonds. The Labute approximate surface area is 149 Å². The van der Waals surface area contributed by atoms with Gasteiger partial charge in [-0.15, -0.1) is 0 Å². The fraction of sp³-hybridized carbons (Fsp3) is 0.529. The molecule has 1 saturated heterocycles. The Morgan fingerprint density at radius 2 is 1.92 bits per heavy atom. The molecule has 2 aromatic heterocycles. The van der Waals surface area contributed by atoms with E-state index in [0.717, 1.165) is 17.9 Å². The maximum Gasteiger partial charge on any atom is 0.360 e. The summed E-state index contributed by atoms with van der Waals surface area (Å²) >= 11 is 0. The number of hydrogen-bond acceptors (Lipinski definition) is 6. The van der Waals surface area contributed by atoms with Crippen molar-refractivity contribution in [1.29, 1.82) is 0 Å². The van der Waals surface area contributed by atoms with E-state index in [2.05, 4.69) is 23.6 Å². The van der Waals surface area contributed by atoms with E-state index < -0.39 is 23.0 Å². The molecule has 0 bridgehead atoms. The molecule has 1 aliphatic heterocycles. The highest BCUT2D eigenvalue weighted by molar-refractivity contribution is 5.90. The van der Waals surface area contributed by atoms with Crippen molar-refractivity contribution in [3.63, 3.8) is 0 Å². The maximum absolute atomic E-state index is 12.7. The van der Waals surface area contributed by atoms with Gasteiger partial charge in [0.15, 0.2) is 5.69 Å². The van der Waals surface area contributed by atoms with Crippen LogP contribution in [0.2, 0.25) is 0 Å². The number of esters is 1. The topological polar surface area (TPSA) is 106 Å². The number of piperidine rings is 1. The van der Waals surface area contributed by atoms with E-state index >= 15 is 0 Å². The summed E-state index contributed by atoms with van der Waals surface area (Å²) in [6.07, 6.45) is 4.02. The van der Waals surface area contributed by atoms with Gasteiger partial charge in [0.25, 0.3) is 0 Å². The predicted octanol–water partition coefficient (Wildman–Crippen LogP) is 0.493. The van der Waals surface area contributed by atoms with Crippen molar-refractivity contribution in [2.75, 3.05) is 20.2 Å². The number of amides is 1. The predicted molar refractivity (Wildman–Crippen MR) is 92.0 cm³/mol. The lowest BCUT2D eigenvalue weighted by Crippen LogP contribution is -2.44. The van der Waals surface area contributed by atoms with Crippen LogP contribution >= 0.6 is 0 Å². The molecule has 0 aliphatic carbocycles. The number of fused-ring (bicyclic) bond motifs is 1. The molecule has 3 rings (SSSR count). The second kappa shape index (κ2) is 6.81. The van der Waals surface area contributed by atoms with E-state index in [1.165, 1.54) is 17.0 Å². The molecule has 1 fully saturated rings. The fourth-order valence-electron chi connectivity index (χ4n) is 3.54. The molecule has 0 unspecified atom stereocenters. The molecular weight excluding hydrogens is 340 g/mol. The third-order valence-electron chi connectivity index (χ3n) is 4.63. The SMILES string of the molecule is COC(=O)c1nc2n(CC(=O)N3C[C@H](C)C[C@@H](C)C3)ccn2c(=O)c1O. The third kappa shape index (κ3) is 3.16. The highest BCUT2D eigenvalue weighted by Crippen LogP contribution is 2.21. The number of rotatable bonds is 3. The third-order valence-corrected chi connectivity index (χ3v) is 4.63. The first-order valence-electron chi connectivity index (χ1n) is 8.48. The highest BCUT2D eigenvalue weighted by atomic mass is 16.5. The van der Waals surface area contributed by atoms with Crippen molar-refractivity contribution in [2.24, 2.45) is 11.8 Å². The van der Waals surface area contributed by atoms with Crippen molar-refractivity contribution in [1.82, 2.24) is 18.9 Å². The number of nitrogens with zero attached hydrogens (tertiary/aromatic N) is 4. The summed E-state index contributed by atoms with van der Waals surface area (Å²) in [5, 5.41) is 9.87. The average molecular weight is 362 g/mol. The zero-order valence-corrected chi connectivity index (χ0v) is 15.0. The minimum atomic E-state index is -0.917. The second-order valence-electron chi connectivity index (χ2n) is 6.95. The lowest BCUT2D eigenvalue weighted by Gasteiger charge is -2.35. The summed E-state index contributed by atoms with van der Waals surface area (Å²) in [6, 6.07) is 0. The summed E-state index contributed by atoms with van der Waals surface area (Å²) < 4.78 is 7.12. The molecule has 9 heteroatoms. The Bertz CT molecular complexity index is 906. The minimum Gasteiger partial charge on any atom is -0.501 e. The molecule has 2 atom stereocenters. The van der Waals surface area contributed by atoms with E-state index in [1.807, 2.05) is 4.90 Å². The standard InChI is InChI=1S/C17H22N4O5/c1-10-6-11(2)8-20(7-10)12(22)9-19-4-5-21-15(24)14(23)13(16(25)26-3)18-17(19)21/h4-5,10-11,23H,6-9H2,1-3H3/t10-,11-/m1/s1. The minimum absolute atomic E-state index is 0.00618. The van der Waals surface area contributed by atoms with E-state index in [1.54, 1.807) is 0 Å². The van der Waals surface area contributed by atoms with Gasteiger partial charge in [0.05, 0.1) is 7.11 Å². The first kappa shape index (κ1) is 18.0. The van der Waals surface area contributed by atoms with Crippen LogP contribution in [0.1, 0.15) is 30.8 Å². The van der Waals surface area contributed by atoms with Crippen LogP contribution in [-0.4, -0.2) is 56.0 Å². The van der Waals surface area contributed by atoms with E-state index in [4.69, 9.17) is 0 Å². The summed E-state index contributed by atoms with van der Waals surface area (Å²) in [6.45, 7) is 5.63. The van der Waals surface area contributed by atoms with Crippen molar-refractivity contribution < 1.29 is 19.4 Å². The molecule has 1 aliphatic rings. The first-order chi connectivity index (χ1) is 12.3. The molecule has 0 spiro atoms. The van der Waals surface area contributed by atoms with Gasteiger partial charge in [0.2, 0.25) is 17.4 Å². The van der Waals surface area contributed by atoms with Crippen LogP contribution < -0.4 is 5.56 Å². The van der Waals surface area contributed by atoms with Crippen LogP contribution in [0.4, 0.5) is 0 Å². The molecule has 2 aromatic rings. The maximum atomic E-state index is 12.7. The van der Waals surface area contributed by atoms with Crippen LogP contribution in [0, 0.1) is 11.8 Å². The molecule has 140 valence electrons. The number of aromatic hydroxyl groups is 1. The Balaban J connectivity index is 1.93. The molecule has 3 heterocycles. The van der Waals surface area contributed by atoms with Gasteiger partial charge in [-0.1, -0.05) is 13.8 Å². The monoisotopic (exact) mass is 362 g/mol. The number of ether oxygens (including phenoxy) is 1. The molecule has 9 nitrogen and oxygen atoms in total. The summed E-state index contributed by atoms with van der Waals surface area (Å²) in [4.78, 5) is 42.5. The van der Waals surface area contributed by atoms with Gasteiger partial charge >= 0.3 is 11.5 Å². The van der Waals surface area contributed by atoms with Gasteiger partial charge in [-0.3, -0.25) is 9.59 Å². The quantitative estimate of drug-likeness (QED) is 0.797. The van der Waals surface area contributed by atoms with Crippen LogP contribution in [0.3, 0.4) is 0 Å². The van der Waals surface area contributed by atoms with Gasteiger partial charge in [-0.05, 0) is 18.3 Å². The molecule has 0 radical (unpaired) electrons. The van der Waals surface area contributed by atoms with Gasteiger partial charge in [0.1, 0.15) is 6.54 Å². The zero-order chi connectivity index (χ0) is 19.0. The fourth-order valence-corrected chi connectivity index (χ4v) is 3.54. The number of imidazole rings is 1. The Kier molecular flexibility index (Phi) is 4.71. The molecule has 26 heavy (non-hydrogen) atoms. The van der Waals surface area contributed by atoms with Crippen LogP contribution in [0.15, 0.2) is 17.2 Å². The van der Waals surface area contributed by atoms with E-state index in [9.17, 15) is 19.5 Å². The van der Waals surface area contributed by atoms with Crippen LogP contribution in [-0.2, 0) is 16.1 Å². The van der Waals surface area contributed by atoms with Crippen molar-refractivity contribution in [3.8, 4) is 5.75 Å². The number of aromatic nitrogens is 3. The first-order valence-corrected chi connectivity index (χ1v) is 8.48. The lowest BCUT2D eigenvalue weighted by atomic mass is 9.92. The van der Waals surface area contributed by atoms with Gasteiger partial charge < -0.3 is 19.3 Å². The summed E-state index contributed by atoms with van der Waals surface area (Å²) in [7, 11) is 1.13. The van der Waals surface area contributed by atoms with E-state index in [-0.39, 0.29) is 18.2 Å². The molecule has 0 aromatic carbocycles. The van der Waals surface area contributed by atoms with Gasteiger partial charge in [0, 0.05) is 25.5 Å². The number of likely N-dealkylation sites (tertiary alicyclic amines) is 1. The molecular formula is C17H22N4O5. The van der Waals surface area contributed by atoms with Gasteiger partial charge in [-0.25, -0.2) is 14.2 Å². The lowest BCUT2D eigenvalue weighted by molar-refractivity contribution is -0.134. The molecule has 1 N–H and O–H groups in total. The number of carbonyl (C=O) groups is 2. The normalized spacial score (nSPS) is 20.3. The smallest absolute Gasteiger partial charge is 0.360 e.